The number of thiophene rings is 1. The Morgan fingerprint density at radius 2 is 2.00 bits per heavy atom. The second kappa shape index (κ2) is 8.29. The van der Waals surface area contributed by atoms with Crippen LogP contribution in [0.15, 0.2) is 30.3 Å². The number of fused-ring (bicyclic) bond motifs is 2. The van der Waals surface area contributed by atoms with Crippen LogP contribution in [0.3, 0.4) is 0 Å². The van der Waals surface area contributed by atoms with E-state index in [2.05, 4.69) is 15.6 Å². The van der Waals surface area contributed by atoms with Gasteiger partial charge in [0.2, 0.25) is 0 Å². The molecule has 2 aromatic heterocycles. The first-order chi connectivity index (χ1) is 14.3. The third-order valence-corrected chi connectivity index (χ3v) is 6.82. The SMILES string of the molecule is CC(=O)OCC(=O)N[C@@H]1c2ccccc2C[C@H]1NC(=O)c1cc2sc(Cl)c(Cl)c2[nH]1. The summed E-state index contributed by atoms with van der Waals surface area (Å²) in [7, 11) is 0. The van der Waals surface area contributed by atoms with Crippen molar-refractivity contribution in [3.05, 3.63) is 56.5 Å². The molecule has 1 aliphatic carbocycles. The van der Waals surface area contributed by atoms with Gasteiger partial charge in [0.1, 0.15) is 10.0 Å². The Bertz CT molecular complexity index is 1160. The van der Waals surface area contributed by atoms with E-state index in [0.29, 0.717) is 27.0 Å². The van der Waals surface area contributed by atoms with Crippen LogP contribution in [0.4, 0.5) is 0 Å². The predicted molar refractivity (Wildman–Crippen MR) is 115 cm³/mol. The third-order valence-electron chi connectivity index (χ3n) is 4.89. The van der Waals surface area contributed by atoms with E-state index in [1.807, 2.05) is 24.3 Å². The zero-order valence-corrected chi connectivity index (χ0v) is 18.1. The van der Waals surface area contributed by atoms with Crippen molar-refractivity contribution in [3.8, 4) is 0 Å². The number of carbonyl (C=O) groups is 3. The van der Waals surface area contributed by atoms with Gasteiger partial charge in [-0.25, -0.2) is 0 Å². The van der Waals surface area contributed by atoms with Gasteiger partial charge in [-0.05, 0) is 23.6 Å². The Hall–Kier alpha value is -2.55. The number of aromatic amines is 1. The molecule has 156 valence electrons. The van der Waals surface area contributed by atoms with Crippen LogP contribution in [-0.4, -0.2) is 35.4 Å². The number of aromatic nitrogens is 1. The van der Waals surface area contributed by atoms with Gasteiger partial charge in [0.05, 0.1) is 27.3 Å². The summed E-state index contributed by atoms with van der Waals surface area (Å²) < 4.78 is 6.02. The van der Waals surface area contributed by atoms with Crippen molar-refractivity contribution in [1.82, 2.24) is 15.6 Å². The Balaban J connectivity index is 1.52. The molecule has 30 heavy (non-hydrogen) atoms. The zero-order chi connectivity index (χ0) is 21.4. The Kier molecular flexibility index (Phi) is 5.73. The lowest BCUT2D eigenvalue weighted by molar-refractivity contribution is -0.146. The average Bonchev–Trinajstić information content (AvgIpc) is 3.34. The van der Waals surface area contributed by atoms with E-state index in [0.717, 1.165) is 15.8 Å². The highest BCUT2D eigenvalue weighted by Crippen LogP contribution is 2.39. The fourth-order valence-electron chi connectivity index (χ4n) is 3.58. The van der Waals surface area contributed by atoms with Crippen molar-refractivity contribution >= 4 is 62.5 Å². The van der Waals surface area contributed by atoms with Crippen LogP contribution < -0.4 is 10.6 Å². The first-order valence-electron chi connectivity index (χ1n) is 9.11. The summed E-state index contributed by atoms with van der Waals surface area (Å²) >= 11 is 13.5. The van der Waals surface area contributed by atoms with E-state index in [9.17, 15) is 14.4 Å². The molecule has 10 heteroatoms. The molecular weight excluding hydrogens is 449 g/mol. The summed E-state index contributed by atoms with van der Waals surface area (Å²) in [5.74, 6) is -1.29. The molecule has 0 saturated carbocycles. The largest absolute Gasteiger partial charge is 0.456 e. The number of H-pyrrole nitrogens is 1. The Morgan fingerprint density at radius 3 is 2.73 bits per heavy atom. The van der Waals surface area contributed by atoms with Gasteiger partial charge in [0.15, 0.2) is 6.61 Å². The predicted octanol–water partition coefficient (Wildman–Crippen LogP) is 3.61. The van der Waals surface area contributed by atoms with Gasteiger partial charge in [-0.1, -0.05) is 47.5 Å². The fraction of sp³-hybridized carbons (Fsp3) is 0.250. The molecule has 0 radical (unpaired) electrons. The lowest BCUT2D eigenvalue weighted by Gasteiger charge is -2.23. The molecule has 2 amide bonds. The van der Waals surface area contributed by atoms with Crippen LogP contribution in [0.5, 0.6) is 0 Å². The molecule has 4 rings (SSSR count). The molecule has 0 unspecified atom stereocenters. The van der Waals surface area contributed by atoms with Gasteiger partial charge < -0.3 is 20.4 Å². The van der Waals surface area contributed by atoms with E-state index in [4.69, 9.17) is 27.9 Å². The Morgan fingerprint density at radius 1 is 1.23 bits per heavy atom. The summed E-state index contributed by atoms with van der Waals surface area (Å²) in [5.41, 5.74) is 2.93. The summed E-state index contributed by atoms with van der Waals surface area (Å²) in [6.45, 7) is 0.864. The van der Waals surface area contributed by atoms with Crippen LogP contribution >= 0.6 is 34.5 Å². The van der Waals surface area contributed by atoms with Crippen molar-refractivity contribution < 1.29 is 19.1 Å². The third kappa shape index (κ3) is 4.03. The number of hydrogen-bond acceptors (Lipinski definition) is 5. The molecule has 1 aliphatic rings. The zero-order valence-electron chi connectivity index (χ0n) is 15.8. The molecule has 0 bridgehead atoms. The van der Waals surface area contributed by atoms with Gasteiger partial charge in [0.25, 0.3) is 11.8 Å². The highest BCUT2D eigenvalue weighted by Gasteiger charge is 2.35. The lowest BCUT2D eigenvalue weighted by Crippen LogP contribution is -2.45. The minimum atomic E-state index is -0.535. The molecule has 2 heterocycles. The quantitative estimate of drug-likeness (QED) is 0.501. The van der Waals surface area contributed by atoms with Crippen molar-refractivity contribution in [1.29, 1.82) is 0 Å². The molecule has 0 spiro atoms. The van der Waals surface area contributed by atoms with Gasteiger partial charge in [-0.15, -0.1) is 11.3 Å². The van der Waals surface area contributed by atoms with Gasteiger partial charge in [-0.3, -0.25) is 14.4 Å². The van der Waals surface area contributed by atoms with Crippen LogP contribution in [-0.2, 0) is 20.7 Å². The fourth-order valence-corrected chi connectivity index (χ4v) is 5.06. The number of ether oxygens (including phenoxy) is 1. The number of hydrogen-bond donors (Lipinski definition) is 3. The number of benzene rings is 1. The molecule has 0 aliphatic heterocycles. The van der Waals surface area contributed by atoms with E-state index in [1.54, 1.807) is 6.07 Å². The monoisotopic (exact) mass is 465 g/mol. The van der Waals surface area contributed by atoms with E-state index >= 15 is 0 Å². The highest BCUT2D eigenvalue weighted by molar-refractivity contribution is 7.23. The van der Waals surface area contributed by atoms with Gasteiger partial charge in [0, 0.05) is 6.92 Å². The topological polar surface area (TPSA) is 100 Å². The maximum Gasteiger partial charge on any atom is 0.303 e. The second-order valence-corrected chi connectivity index (χ2v) is 8.95. The normalized spacial score (nSPS) is 17.6. The van der Waals surface area contributed by atoms with Crippen LogP contribution in [0.25, 0.3) is 10.2 Å². The minimum Gasteiger partial charge on any atom is -0.456 e. The average molecular weight is 466 g/mol. The summed E-state index contributed by atoms with van der Waals surface area (Å²) in [5, 5.41) is 6.23. The highest BCUT2D eigenvalue weighted by atomic mass is 35.5. The number of halogens is 2. The number of carbonyl (C=O) groups excluding carboxylic acids is 3. The molecule has 2 atom stereocenters. The van der Waals surface area contributed by atoms with Crippen molar-refractivity contribution in [3.63, 3.8) is 0 Å². The maximum atomic E-state index is 12.9. The molecule has 0 fully saturated rings. The molecule has 0 saturated heterocycles. The molecule has 3 N–H and O–H groups in total. The van der Waals surface area contributed by atoms with Crippen molar-refractivity contribution in [2.75, 3.05) is 6.61 Å². The van der Waals surface area contributed by atoms with E-state index < -0.39 is 17.9 Å². The first kappa shape index (κ1) is 20.7. The number of nitrogens with one attached hydrogen (secondary N) is 3. The van der Waals surface area contributed by atoms with E-state index in [1.165, 1.54) is 18.3 Å². The van der Waals surface area contributed by atoms with E-state index in [-0.39, 0.29) is 18.6 Å². The number of rotatable bonds is 5. The van der Waals surface area contributed by atoms with Crippen LogP contribution in [0, 0.1) is 0 Å². The maximum absolute atomic E-state index is 12.9. The van der Waals surface area contributed by atoms with Gasteiger partial charge >= 0.3 is 5.97 Å². The molecule has 1 aromatic carbocycles. The molecular formula is C20H17Cl2N3O4S. The first-order valence-corrected chi connectivity index (χ1v) is 10.7. The summed E-state index contributed by atoms with van der Waals surface area (Å²) in [6, 6.07) is 8.54. The Labute approximate surface area is 185 Å². The number of amides is 2. The second-order valence-electron chi connectivity index (χ2n) is 6.92. The lowest BCUT2D eigenvalue weighted by atomic mass is 10.1. The molecule has 3 aromatic rings. The van der Waals surface area contributed by atoms with Crippen LogP contribution in [0.1, 0.15) is 34.6 Å². The number of esters is 1. The summed E-state index contributed by atoms with van der Waals surface area (Å²) in [6.07, 6.45) is 0.558. The van der Waals surface area contributed by atoms with Gasteiger partial charge in [-0.2, -0.15) is 0 Å². The van der Waals surface area contributed by atoms with Crippen molar-refractivity contribution in [2.24, 2.45) is 0 Å². The minimum absolute atomic E-state index is 0.317. The smallest absolute Gasteiger partial charge is 0.303 e. The molecule has 7 nitrogen and oxygen atoms in total. The standard InChI is InChI=1S/C20H17Cl2N3O4S/c1-9(26)29-8-15(27)25-17-11-5-3-2-4-10(11)6-12(17)24-20(28)13-7-14-18(23-13)16(21)19(22)30-14/h2-5,7,12,17,23H,6,8H2,1H3,(H,24,28)(H,25,27)/t12-,17-/m1/s1. The summed E-state index contributed by atoms with van der Waals surface area (Å²) in [4.78, 5) is 39.1. The van der Waals surface area contributed by atoms with Crippen LogP contribution in [0.2, 0.25) is 9.36 Å². The van der Waals surface area contributed by atoms with Crippen molar-refractivity contribution in [2.45, 2.75) is 25.4 Å².